The number of benzene rings is 2. The predicted molar refractivity (Wildman–Crippen MR) is 89.4 cm³/mol. The molecule has 25 heavy (non-hydrogen) atoms. The standard InChI is InChI=1S/C17H15F2N5O/c1-11(24-10-20-9-21-24)17(25)23-15-7-6-12(18)8-16(15)22-14-5-3-2-4-13(14)19/h2-11,22H,1H3,(H,23,25)/t11-/m1/s1. The quantitative estimate of drug-likeness (QED) is 0.744. The minimum atomic E-state index is -0.617. The lowest BCUT2D eigenvalue weighted by Crippen LogP contribution is -2.24. The Labute approximate surface area is 142 Å². The Hall–Kier alpha value is -3.29. The molecule has 0 radical (unpaired) electrons. The fourth-order valence-corrected chi connectivity index (χ4v) is 2.21. The van der Waals surface area contributed by atoms with Gasteiger partial charge in [0.1, 0.15) is 30.3 Å². The first-order valence-corrected chi connectivity index (χ1v) is 7.50. The van der Waals surface area contributed by atoms with Crippen LogP contribution >= 0.6 is 0 Å². The first-order valence-electron chi connectivity index (χ1n) is 7.50. The van der Waals surface area contributed by atoms with Gasteiger partial charge in [-0.1, -0.05) is 12.1 Å². The number of anilines is 3. The van der Waals surface area contributed by atoms with Crippen molar-refractivity contribution >= 4 is 23.0 Å². The third-order valence-electron chi connectivity index (χ3n) is 3.60. The Morgan fingerprint density at radius 1 is 1.12 bits per heavy atom. The average Bonchev–Trinajstić information content (AvgIpc) is 3.13. The number of carbonyl (C=O) groups excluding carboxylic acids is 1. The van der Waals surface area contributed by atoms with Crippen LogP contribution in [-0.4, -0.2) is 20.7 Å². The fraction of sp³-hybridized carbons (Fsp3) is 0.118. The minimum absolute atomic E-state index is 0.174. The van der Waals surface area contributed by atoms with Gasteiger partial charge in [0.2, 0.25) is 5.91 Å². The molecule has 1 aromatic heterocycles. The zero-order valence-electron chi connectivity index (χ0n) is 13.3. The van der Waals surface area contributed by atoms with Crippen LogP contribution in [0.2, 0.25) is 0 Å². The van der Waals surface area contributed by atoms with Crippen LogP contribution in [0.25, 0.3) is 0 Å². The number of amides is 1. The summed E-state index contributed by atoms with van der Waals surface area (Å²) in [6.45, 7) is 1.65. The van der Waals surface area contributed by atoms with Crippen molar-refractivity contribution < 1.29 is 13.6 Å². The maximum absolute atomic E-state index is 13.8. The van der Waals surface area contributed by atoms with E-state index >= 15 is 0 Å². The normalized spacial score (nSPS) is 11.8. The van der Waals surface area contributed by atoms with Crippen LogP contribution < -0.4 is 10.6 Å². The highest BCUT2D eigenvalue weighted by molar-refractivity contribution is 5.97. The second kappa shape index (κ2) is 7.08. The van der Waals surface area contributed by atoms with Gasteiger partial charge in [-0.2, -0.15) is 5.10 Å². The predicted octanol–water partition coefficient (Wildman–Crippen LogP) is 3.50. The molecule has 0 aliphatic carbocycles. The van der Waals surface area contributed by atoms with Gasteiger partial charge in [-0.25, -0.2) is 18.4 Å². The van der Waals surface area contributed by atoms with Crippen LogP contribution in [0.4, 0.5) is 25.8 Å². The number of hydrogen-bond acceptors (Lipinski definition) is 4. The maximum Gasteiger partial charge on any atom is 0.249 e. The number of aromatic nitrogens is 3. The van der Waals surface area contributed by atoms with E-state index in [2.05, 4.69) is 20.7 Å². The lowest BCUT2D eigenvalue weighted by Gasteiger charge is -2.16. The topological polar surface area (TPSA) is 71.8 Å². The Bertz CT molecular complexity index is 883. The lowest BCUT2D eigenvalue weighted by molar-refractivity contribution is -0.119. The SMILES string of the molecule is C[C@H](C(=O)Nc1ccc(F)cc1Nc1ccccc1F)n1cncn1. The molecule has 2 N–H and O–H groups in total. The molecule has 1 heterocycles. The van der Waals surface area contributed by atoms with Gasteiger partial charge in [0, 0.05) is 0 Å². The molecule has 0 bridgehead atoms. The van der Waals surface area contributed by atoms with Crippen LogP contribution in [0.5, 0.6) is 0 Å². The number of para-hydroxylation sites is 1. The summed E-state index contributed by atoms with van der Waals surface area (Å²) >= 11 is 0. The van der Waals surface area contributed by atoms with E-state index in [0.29, 0.717) is 5.69 Å². The number of rotatable bonds is 5. The zero-order valence-corrected chi connectivity index (χ0v) is 13.3. The number of nitrogens with one attached hydrogen (secondary N) is 2. The molecule has 3 rings (SSSR count). The van der Waals surface area contributed by atoms with Crippen molar-refractivity contribution in [1.29, 1.82) is 0 Å². The third-order valence-corrected chi connectivity index (χ3v) is 3.60. The summed E-state index contributed by atoms with van der Waals surface area (Å²) in [7, 11) is 0. The van der Waals surface area contributed by atoms with Crippen molar-refractivity contribution in [3.63, 3.8) is 0 Å². The van der Waals surface area contributed by atoms with E-state index in [1.54, 1.807) is 19.1 Å². The number of halogens is 2. The maximum atomic E-state index is 13.8. The molecule has 0 saturated carbocycles. The van der Waals surface area contributed by atoms with Crippen molar-refractivity contribution in [1.82, 2.24) is 14.8 Å². The zero-order chi connectivity index (χ0) is 17.8. The van der Waals surface area contributed by atoms with Gasteiger partial charge < -0.3 is 10.6 Å². The molecular formula is C17H15F2N5O. The van der Waals surface area contributed by atoms with Crippen LogP contribution in [0.15, 0.2) is 55.1 Å². The van der Waals surface area contributed by atoms with E-state index in [4.69, 9.17) is 0 Å². The first-order chi connectivity index (χ1) is 12.0. The first kappa shape index (κ1) is 16.6. The minimum Gasteiger partial charge on any atom is -0.351 e. The second-order valence-corrected chi connectivity index (χ2v) is 5.34. The Morgan fingerprint density at radius 2 is 1.92 bits per heavy atom. The summed E-state index contributed by atoms with van der Waals surface area (Å²) in [5.41, 5.74) is 0.735. The van der Waals surface area contributed by atoms with E-state index in [0.717, 1.165) is 0 Å². The van der Waals surface area contributed by atoms with E-state index in [1.807, 2.05) is 0 Å². The van der Waals surface area contributed by atoms with Gasteiger partial charge in [-0.05, 0) is 37.3 Å². The molecular weight excluding hydrogens is 328 g/mol. The largest absolute Gasteiger partial charge is 0.351 e. The smallest absolute Gasteiger partial charge is 0.249 e. The number of nitrogens with zero attached hydrogens (tertiary/aromatic N) is 3. The van der Waals surface area contributed by atoms with Crippen molar-refractivity contribution in [2.75, 3.05) is 10.6 Å². The highest BCUT2D eigenvalue weighted by Gasteiger charge is 2.17. The van der Waals surface area contributed by atoms with Crippen LogP contribution in [0.1, 0.15) is 13.0 Å². The summed E-state index contributed by atoms with van der Waals surface area (Å²) in [6.07, 6.45) is 2.75. The van der Waals surface area contributed by atoms with Crippen molar-refractivity contribution in [2.24, 2.45) is 0 Å². The van der Waals surface area contributed by atoms with Gasteiger partial charge in [0.05, 0.1) is 17.1 Å². The van der Waals surface area contributed by atoms with E-state index in [-0.39, 0.29) is 17.3 Å². The average molecular weight is 343 g/mol. The van der Waals surface area contributed by atoms with Crippen LogP contribution in [0.3, 0.4) is 0 Å². The highest BCUT2D eigenvalue weighted by Crippen LogP contribution is 2.28. The molecule has 6 nitrogen and oxygen atoms in total. The van der Waals surface area contributed by atoms with Gasteiger partial charge in [0.25, 0.3) is 0 Å². The fourth-order valence-electron chi connectivity index (χ4n) is 2.21. The number of hydrogen-bond donors (Lipinski definition) is 2. The molecule has 0 unspecified atom stereocenters. The van der Waals surface area contributed by atoms with Gasteiger partial charge >= 0.3 is 0 Å². The third kappa shape index (κ3) is 3.79. The molecule has 0 aliphatic heterocycles. The molecule has 3 aromatic rings. The van der Waals surface area contributed by atoms with Gasteiger partial charge in [-0.3, -0.25) is 4.79 Å². The summed E-state index contributed by atoms with van der Waals surface area (Å²) in [4.78, 5) is 16.2. The summed E-state index contributed by atoms with van der Waals surface area (Å²) < 4.78 is 28.8. The van der Waals surface area contributed by atoms with Crippen LogP contribution in [0, 0.1) is 11.6 Å². The molecule has 128 valence electrons. The monoisotopic (exact) mass is 343 g/mol. The van der Waals surface area contributed by atoms with Gasteiger partial charge in [-0.15, -0.1) is 0 Å². The van der Waals surface area contributed by atoms with Crippen molar-refractivity contribution in [2.45, 2.75) is 13.0 Å². The molecule has 8 heteroatoms. The van der Waals surface area contributed by atoms with E-state index in [9.17, 15) is 13.6 Å². The molecule has 0 saturated heterocycles. The van der Waals surface area contributed by atoms with E-state index in [1.165, 1.54) is 47.7 Å². The van der Waals surface area contributed by atoms with E-state index < -0.39 is 17.7 Å². The van der Waals surface area contributed by atoms with Crippen molar-refractivity contribution in [3.8, 4) is 0 Å². The van der Waals surface area contributed by atoms with Crippen LogP contribution in [-0.2, 0) is 4.79 Å². The lowest BCUT2D eigenvalue weighted by atomic mass is 10.2. The highest BCUT2D eigenvalue weighted by atomic mass is 19.1. The molecule has 2 aromatic carbocycles. The second-order valence-electron chi connectivity index (χ2n) is 5.34. The Morgan fingerprint density at radius 3 is 2.64 bits per heavy atom. The van der Waals surface area contributed by atoms with Crippen molar-refractivity contribution in [3.05, 3.63) is 66.8 Å². The molecule has 1 atom stereocenters. The number of carbonyl (C=O) groups is 1. The Kier molecular flexibility index (Phi) is 4.69. The molecule has 0 fully saturated rings. The summed E-state index contributed by atoms with van der Waals surface area (Å²) in [5.74, 6) is -1.37. The summed E-state index contributed by atoms with van der Waals surface area (Å²) in [6, 6.07) is 9.18. The molecule has 0 aliphatic rings. The molecule has 0 spiro atoms. The Balaban J connectivity index is 1.84. The van der Waals surface area contributed by atoms with Gasteiger partial charge in [0.15, 0.2) is 0 Å². The molecule has 1 amide bonds. The summed E-state index contributed by atoms with van der Waals surface area (Å²) in [5, 5.41) is 9.40.